The van der Waals surface area contributed by atoms with Crippen LogP contribution in [0, 0.1) is 5.82 Å². The largest absolute Gasteiger partial charge is 0.496 e. The van der Waals surface area contributed by atoms with Gasteiger partial charge in [0.05, 0.1) is 13.2 Å². The maximum absolute atomic E-state index is 13.3. The van der Waals surface area contributed by atoms with Gasteiger partial charge >= 0.3 is 0 Å². The maximum atomic E-state index is 13.3. The van der Waals surface area contributed by atoms with Crippen molar-refractivity contribution >= 4 is 0 Å². The number of β-amino-alcohol motifs (C(OH)–C–C–N with tert-alkyl or cyclic N) is 1. The number of hydrogen-bond acceptors (Lipinski definition) is 4. The first-order valence-corrected chi connectivity index (χ1v) is 9.14. The lowest BCUT2D eigenvalue weighted by atomic mass is 9.99. The molecule has 134 valence electrons. The Kier molecular flexibility index (Phi) is 6.09. The average molecular weight is 336 g/mol. The van der Waals surface area contributed by atoms with Gasteiger partial charge in [0.25, 0.3) is 0 Å². The first kappa shape index (κ1) is 17.6. The molecule has 0 radical (unpaired) electrons. The summed E-state index contributed by atoms with van der Waals surface area (Å²) in [6.45, 7) is 4.55. The molecule has 3 rings (SSSR count). The number of halogens is 1. The zero-order valence-electron chi connectivity index (χ0n) is 14.6. The lowest BCUT2D eigenvalue weighted by molar-refractivity contribution is -0.0145. The Bertz CT molecular complexity index is 532. The van der Waals surface area contributed by atoms with Crippen LogP contribution >= 0.6 is 0 Å². The minimum atomic E-state index is -0.316. The summed E-state index contributed by atoms with van der Waals surface area (Å²) in [6.07, 6.45) is 5.80. The van der Waals surface area contributed by atoms with Crippen molar-refractivity contribution in [2.45, 2.75) is 50.8 Å². The average Bonchev–Trinajstić information content (AvgIpc) is 2.86. The molecule has 1 aromatic carbocycles. The molecular weight excluding hydrogens is 307 g/mol. The molecule has 0 amide bonds. The SMILES string of the molecule is COc1cc(F)ccc1CN1CC[C@H](N2CCCCCC2)[C@@H](O)C1. The number of ether oxygens (including phenoxy) is 1. The van der Waals surface area contributed by atoms with E-state index >= 15 is 0 Å². The van der Waals surface area contributed by atoms with Crippen molar-refractivity contribution in [3.63, 3.8) is 0 Å². The lowest BCUT2D eigenvalue weighted by Gasteiger charge is -2.41. The predicted octanol–water partition coefficient (Wildman–Crippen LogP) is 2.65. The Morgan fingerprint density at radius 2 is 1.92 bits per heavy atom. The molecule has 2 atom stereocenters. The van der Waals surface area contributed by atoms with Gasteiger partial charge in [-0.05, 0) is 38.4 Å². The molecule has 0 spiro atoms. The molecule has 5 heteroatoms. The molecule has 2 saturated heterocycles. The van der Waals surface area contributed by atoms with Gasteiger partial charge in [-0.2, -0.15) is 0 Å². The zero-order chi connectivity index (χ0) is 16.9. The van der Waals surface area contributed by atoms with E-state index in [1.165, 1.54) is 37.8 Å². The van der Waals surface area contributed by atoms with Crippen molar-refractivity contribution in [1.82, 2.24) is 9.80 Å². The molecule has 1 N–H and O–H groups in total. The number of piperidine rings is 1. The van der Waals surface area contributed by atoms with Crippen LogP contribution in [-0.4, -0.2) is 60.3 Å². The van der Waals surface area contributed by atoms with Crippen LogP contribution in [0.2, 0.25) is 0 Å². The maximum Gasteiger partial charge on any atom is 0.126 e. The summed E-state index contributed by atoms with van der Waals surface area (Å²) in [4.78, 5) is 4.74. The number of nitrogens with zero attached hydrogens (tertiary/aromatic N) is 2. The van der Waals surface area contributed by atoms with E-state index in [1.807, 2.05) is 0 Å². The van der Waals surface area contributed by atoms with E-state index in [9.17, 15) is 9.50 Å². The normalized spacial score (nSPS) is 27.0. The van der Waals surface area contributed by atoms with Gasteiger partial charge in [-0.3, -0.25) is 9.80 Å². The van der Waals surface area contributed by atoms with Gasteiger partial charge in [0.1, 0.15) is 11.6 Å². The summed E-state index contributed by atoms with van der Waals surface area (Å²) in [6, 6.07) is 4.96. The van der Waals surface area contributed by atoms with E-state index in [1.54, 1.807) is 13.2 Å². The van der Waals surface area contributed by atoms with Gasteiger partial charge in [0, 0.05) is 37.3 Å². The summed E-state index contributed by atoms with van der Waals surface area (Å²) in [7, 11) is 1.57. The zero-order valence-corrected chi connectivity index (χ0v) is 14.6. The summed E-state index contributed by atoms with van der Waals surface area (Å²) >= 11 is 0. The van der Waals surface area contributed by atoms with E-state index in [0.717, 1.165) is 31.6 Å². The lowest BCUT2D eigenvalue weighted by Crippen LogP contribution is -2.54. The van der Waals surface area contributed by atoms with Gasteiger partial charge in [-0.15, -0.1) is 0 Å². The van der Waals surface area contributed by atoms with Crippen molar-refractivity contribution in [3.8, 4) is 5.75 Å². The van der Waals surface area contributed by atoms with Crippen LogP contribution in [0.1, 0.15) is 37.7 Å². The van der Waals surface area contributed by atoms with E-state index in [-0.39, 0.29) is 18.0 Å². The fraction of sp³-hybridized carbons (Fsp3) is 0.684. The molecule has 24 heavy (non-hydrogen) atoms. The Morgan fingerprint density at radius 3 is 2.58 bits per heavy atom. The molecule has 2 heterocycles. The van der Waals surface area contributed by atoms with E-state index in [0.29, 0.717) is 18.8 Å². The van der Waals surface area contributed by atoms with Crippen LogP contribution in [0.5, 0.6) is 5.75 Å². The minimum Gasteiger partial charge on any atom is -0.496 e. The number of hydrogen-bond donors (Lipinski definition) is 1. The molecule has 0 aliphatic carbocycles. The van der Waals surface area contributed by atoms with Crippen LogP contribution in [0.4, 0.5) is 4.39 Å². The first-order chi connectivity index (χ1) is 11.7. The summed E-state index contributed by atoms with van der Waals surface area (Å²) < 4.78 is 18.6. The first-order valence-electron chi connectivity index (χ1n) is 9.14. The third-order valence-electron chi connectivity index (χ3n) is 5.38. The highest BCUT2D eigenvalue weighted by atomic mass is 19.1. The summed E-state index contributed by atoms with van der Waals surface area (Å²) in [5.74, 6) is 0.301. The molecule has 0 bridgehead atoms. The number of methoxy groups -OCH3 is 1. The molecule has 2 fully saturated rings. The second kappa shape index (κ2) is 8.28. The second-order valence-corrected chi connectivity index (χ2v) is 7.06. The van der Waals surface area contributed by atoms with E-state index in [2.05, 4.69) is 9.80 Å². The Hall–Kier alpha value is -1.17. The highest BCUT2D eigenvalue weighted by Crippen LogP contribution is 2.25. The highest BCUT2D eigenvalue weighted by Gasteiger charge is 2.32. The van der Waals surface area contributed by atoms with Gasteiger partial charge in [0.15, 0.2) is 0 Å². The summed E-state index contributed by atoms with van der Waals surface area (Å²) in [5.41, 5.74) is 0.972. The Morgan fingerprint density at radius 1 is 1.17 bits per heavy atom. The minimum absolute atomic E-state index is 0.282. The molecule has 0 aromatic heterocycles. The van der Waals surface area contributed by atoms with Gasteiger partial charge in [0.2, 0.25) is 0 Å². The van der Waals surface area contributed by atoms with Crippen LogP contribution in [-0.2, 0) is 6.54 Å². The standard InChI is InChI=1S/C19H29FN2O2/c1-24-19-12-16(20)7-6-15(19)13-21-11-8-17(18(23)14-21)22-9-4-2-3-5-10-22/h6-7,12,17-18,23H,2-5,8-11,13-14H2,1H3/t17-,18-/m0/s1. The molecule has 2 aliphatic rings. The third kappa shape index (κ3) is 4.26. The molecule has 2 aliphatic heterocycles. The Labute approximate surface area is 144 Å². The number of benzene rings is 1. The van der Waals surface area contributed by atoms with Gasteiger partial charge in [-0.25, -0.2) is 4.39 Å². The number of rotatable bonds is 4. The predicted molar refractivity (Wildman–Crippen MR) is 92.7 cm³/mol. The topological polar surface area (TPSA) is 35.9 Å². The van der Waals surface area contributed by atoms with Gasteiger partial charge in [-0.1, -0.05) is 18.9 Å². The molecule has 1 aromatic rings. The highest BCUT2D eigenvalue weighted by molar-refractivity contribution is 5.34. The number of aliphatic hydroxyl groups excluding tert-OH is 1. The van der Waals surface area contributed by atoms with Crippen LogP contribution in [0.25, 0.3) is 0 Å². The van der Waals surface area contributed by atoms with Gasteiger partial charge < -0.3 is 9.84 Å². The number of aliphatic hydroxyl groups is 1. The van der Waals surface area contributed by atoms with Crippen LogP contribution in [0.15, 0.2) is 18.2 Å². The molecule has 0 unspecified atom stereocenters. The monoisotopic (exact) mass is 336 g/mol. The molecule has 4 nitrogen and oxygen atoms in total. The number of likely N-dealkylation sites (tertiary alicyclic amines) is 2. The van der Waals surface area contributed by atoms with Crippen molar-refractivity contribution in [1.29, 1.82) is 0 Å². The van der Waals surface area contributed by atoms with Crippen LogP contribution in [0.3, 0.4) is 0 Å². The van der Waals surface area contributed by atoms with Crippen molar-refractivity contribution in [2.24, 2.45) is 0 Å². The van der Waals surface area contributed by atoms with Crippen molar-refractivity contribution < 1.29 is 14.2 Å². The third-order valence-corrected chi connectivity index (χ3v) is 5.38. The fourth-order valence-corrected chi connectivity index (χ4v) is 4.07. The smallest absolute Gasteiger partial charge is 0.126 e. The van der Waals surface area contributed by atoms with E-state index < -0.39 is 0 Å². The second-order valence-electron chi connectivity index (χ2n) is 7.06. The van der Waals surface area contributed by atoms with Crippen molar-refractivity contribution in [3.05, 3.63) is 29.6 Å². The molecule has 0 saturated carbocycles. The Balaban J connectivity index is 1.59. The molecular formula is C19H29FN2O2. The quantitative estimate of drug-likeness (QED) is 0.917. The van der Waals surface area contributed by atoms with Crippen molar-refractivity contribution in [2.75, 3.05) is 33.3 Å². The summed E-state index contributed by atoms with van der Waals surface area (Å²) in [5, 5.41) is 10.7. The fourth-order valence-electron chi connectivity index (χ4n) is 4.07. The van der Waals surface area contributed by atoms with Crippen LogP contribution < -0.4 is 4.74 Å². The van der Waals surface area contributed by atoms with E-state index in [4.69, 9.17) is 4.74 Å².